The molecule has 1 aromatic carbocycles. The molecule has 0 radical (unpaired) electrons. The molecule has 17 heavy (non-hydrogen) atoms. The van der Waals surface area contributed by atoms with Gasteiger partial charge in [-0.3, -0.25) is 4.79 Å². The van der Waals surface area contributed by atoms with Crippen molar-refractivity contribution < 1.29 is 4.79 Å². The van der Waals surface area contributed by atoms with Gasteiger partial charge < -0.3 is 5.32 Å². The Morgan fingerprint density at radius 2 is 1.88 bits per heavy atom. The molecule has 0 saturated carbocycles. The van der Waals surface area contributed by atoms with Crippen LogP contribution in [0.4, 0.5) is 5.69 Å². The van der Waals surface area contributed by atoms with Gasteiger partial charge >= 0.3 is 0 Å². The molecule has 2 N–H and O–H groups in total. The molecule has 0 aliphatic carbocycles. The van der Waals surface area contributed by atoms with Crippen LogP contribution in [0.25, 0.3) is 0 Å². The van der Waals surface area contributed by atoms with Crippen LogP contribution in [-0.4, -0.2) is 26.5 Å². The predicted octanol–water partition coefficient (Wildman–Crippen LogP) is 2.74. The lowest BCUT2D eigenvalue weighted by Gasteiger charge is -2.08. The molecule has 0 aliphatic heterocycles. The third-order valence-corrected chi connectivity index (χ3v) is 3.50. The Kier molecular flexibility index (Phi) is 3.89. The molecule has 0 atom stereocenters. The molecule has 9 heteroatoms. The fourth-order valence-electron chi connectivity index (χ4n) is 1.09. The highest BCUT2D eigenvalue weighted by Crippen LogP contribution is 2.34. The highest BCUT2D eigenvalue weighted by Gasteiger charge is 2.15. The van der Waals surface area contributed by atoms with Gasteiger partial charge in [-0.15, -0.1) is 10.2 Å². The Hall–Kier alpha value is -0.800. The van der Waals surface area contributed by atoms with E-state index in [9.17, 15) is 4.79 Å². The smallest absolute Gasteiger partial charge is 0.297 e. The van der Waals surface area contributed by atoms with Crippen LogP contribution < -0.4 is 5.32 Å². The van der Waals surface area contributed by atoms with E-state index in [1.54, 1.807) is 0 Å². The minimum Gasteiger partial charge on any atom is -0.317 e. The molecule has 0 spiro atoms. The molecule has 88 valence electrons. The number of rotatable bonds is 2. The van der Waals surface area contributed by atoms with Crippen LogP contribution >= 0.6 is 47.8 Å². The van der Waals surface area contributed by atoms with Crippen molar-refractivity contribution in [3.05, 3.63) is 31.4 Å². The monoisotopic (exact) mass is 423 g/mol. The number of aromatic amines is 1. The predicted molar refractivity (Wildman–Crippen MR) is 71.7 cm³/mol. The first-order chi connectivity index (χ1) is 8.08. The highest BCUT2D eigenvalue weighted by molar-refractivity contribution is 9.11. The zero-order valence-electron chi connectivity index (χ0n) is 8.04. The first-order valence-electron chi connectivity index (χ1n) is 4.27. The van der Waals surface area contributed by atoms with Crippen molar-refractivity contribution in [2.24, 2.45) is 0 Å². The number of nitrogens with zero attached hydrogens (tertiary/aromatic N) is 3. The van der Waals surface area contributed by atoms with E-state index in [0.29, 0.717) is 5.69 Å². The van der Waals surface area contributed by atoms with Crippen LogP contribution in [0.15, 0.2) is 25.6 Å². The van der Waals surface area contributed by atoms with Crippen LogP contribution in [0.3, 0.4) is 0 Å². The molecule has 0 saturated heterocycles. The number of nitrogens with one attached hydrogen (secondary N) is 2. The highest BCUT2D eigenvalue weighted by atomic mass is 79.9. The van der Waals surface area contributed by atoms with Gasteiger partial charge in [0.15, 0.2) is 0 Å². The third kappa shape index (κ3) is 2.90. The van der Waals surface area contributed by atoms with Crippen LogP contribution in [0.2, 0.25) is 0 Å². The Morgan fingerprint density at radius 3 is 2.41 bits per heavy atom. The van der Waals surface area contributed by atoms with Crippen molar-refractivity contribution >= 4 is 59.4 Å². The summed E-state index contributed by atoms with van der Waals surface area (Å²) in [5, 5.41) is 15.4. The molecule has 6 nitrogen and oxygen atoms in total. The summed E-state index contributed by atoms with van der Waals surface area (Å²) < 4.78 is 2.35. The average molecular weight is 426 g/mol. The zero-order valence-corrected chi connectivity index (χ0v) is 12.8. The fourth-order valence-corrected chi connectivity index (χ4v) is 3.55. The van der Waals surface area contributed by atoms with Crippen LogP contribution in [0.5, 0.6) is 0 Å². The zero-order chi connectivity index (χ0) is 12.4. The van der Waals surface area contributed by atoms with Crippen LogP contribution in [0, 0.1) is 0 Å². The molecule has 2 aromatic rings. The van der Waals surface area contributed by atoms with Crippen molar-refractivity contribution in [2.45, 2.75) is 0 Å². The van der Waals surface area contributed by atoms with E-state index in [1.165, 1.54) is 0 Å². The number of amides is 1. The molecule has 0 aliphatic rings. The van der Waals surface area contributed by atoms with Crippen LogP contribution in [0.1, 0.15) is 10.6 Å². The van der Waals surface area contributed by atoms with E-state index in [0.717, 1.165) is 13.4 Å². The number of anilines is 1. The minimum atomic E-state index is -0.442. The molecule has 1 aromatic heterocycles. The molecule has 1 heterocycles. The van der Waals surface area contributed by atoms with Crippen molar-refractivity contribution in [2.75, 3.05) is 5.32 Å². The summed E-state index contributed by atoms with van der Waals surface area (Å²) in [6.45, 7) is 0. The second-order valence-electron chi connectivity index (χ2n) is 2.93. The van der Waals surface area contributed by atoms with Gasteiger partial charge in [0.2, 0.25) is 0 Å². The number of aromatic nitrogens is 4. The average Bonchev–Trinajstić information content (AvgIpc) is 2.76. The Balaban J connectivity index is 2.28. The molecular formula is C8H4Br3N5O. The summed E-state index contributed by atoms with van der Waals surface area (Å²) in [6.07, 6.45) is 0. The maximum absolute atomic E-state index is 11.7. The normalized spacial score (nSPS) is 10.3. The van der Waals surface area contributed by atoms with Gasteiger partial charge in [-0.2, -0.15) is 5.21 Å². The maximum atomic E-state index is 11.7. The number of benzene rings is 1. The molecule has 0 fully saturated rings. The van der Waals surface area contributed by atoms with Crippen molar-refractivity contribution in [1.82, 2.24) is 20.6 Å². The van der Waals surface area contributed by atoms with Crippen molar-refractivity contribution in [3.63, 3.8) is 0 Å². The first kappa shape index (κ1) is 12.7. The minimum absolute atomic E-state index is 0.0216. The standard InChI is InChI=1S/C8H4Br3N5O/c9-3-1-4(10)6(5(11)2-3)12-8(17)7-13-15-16-14-7/h1-2H,(H,12,17)(H,13,14,15,16). The Morgan fingerprint density at radius 1 is 1.24 bits per heavy atom. The summed E-state index contributed by atoms with van der Waals surface area (Å²) in [4.78, 5) is 11.7. The second-order valence-corrected chi connectivity index (χ2v) is 5.56. The summed E-state index contributed by atoms with van der Waals surface area (Å²) in [5.74, 6) is -0.464. The Bertz CT molecular complexity index is 533. The van der Waals surface area contributed by atoms with E-state index < -0.39 is 5.91 Å². The Labute approximate surface area is 121 Å². The van der Waals surface area contributed by atoms with Gasteiger partial charge in [0, 0.05) is 13.4 Å². The summed E-state index contributed by atoms with van der Waals surface area (Å²) >= 11 is 10.0. The number of tetrazole rings is 1. The van der Waals surface area contributed by atoms with Gasteiger partial charge in [-0.05, 0) is 49.2 Å². The van der Waals surface area contributed by atoms with Crippen molar-refractivity contribution in [1.29, 1.82) is 0 Å². The lowest BCUT2D eigenvalue weighted by molar-refractivity contribution is 0.101. The SMILES string of the molecule is O=C(Nc1c(Br)cc(Br)cc1Br)c1nn[nH]n1. The number of halogens is 3. The van der Waals surface area contributed by atoms with E-state index in [4.69, 9.17) is 0 Å². The number of hydrogen-bond acceptors (Lipinski definition) is 4. The van der Waals surface area contributed by atoms with Crippen LogP contribution in [-0.2, 0) is 0 Å². The van der Waals surface area contributed by atoms with Gasteiger partial charge in [0.1, 0.15) is 0 Å². The number of carbonyl (C=O) groups is 1. The van der Waals surface area contributed by atoms with Gasteiger partial charge in [0.25, 0.3) is 11.7 Å². The summed E-state index contributed by atoms with van der Waals surface area (Å²) in [7, 11) is 0. The molecule has 0 bridgehead atoms. The molecule has 0 unspecified atom stereocenters. The molecular weight excluding hydrogens is 422 g/mol. The number of carbonyl (C=O) groups excluding carboxylic acids is 1. The maximum Gasteiger partial charge on any atom is 0.297 e. The van der Waals surface area contributed by atoms with E-state index >= 15 is 0 Å². The van der Waals surface area contributed by atoms with E-state index in [-0.39, 0.29) is 5.82 Å². The van der Waals surface area contributed by atoms with Crippen molar-refractivity contribution in [3.8, 4) is 0 Å². The quantitative estimate of drug-likeness (QED) is 0.775. The van der Waals surface area contributed by atoms with Gasteiger partial charge in [0.05, 0.1) is 5.69 Å². The molecule has 2 rings (SSSR count). The summed E-state index contributed by atoms with van der Waals surface area (Å²) in [6, 6.07) is 3.63. The molecule has 1 amide bonds. The number of hydrogen-bond donors (Lipinski definition) is 2. The van der Waals surface area contributed by atoms with E-state index in [1.807, 2.05) is 12.1 Å². The van der Waals surface area contributed by atoms with Gasteiger partial charge in [-0.25, -0.2) is 0 Å². The lowest BCUT2D eigenvalue weighted by Crippen LogP contribution is -2.14. The fraction of sp³-hybridized carbons (Fsp3) is 0. The van der Waals surface area contributed by atoms with E-state index in [2.05, 4.69) is 73.7 Å². The lowest BCUT2D eigenvalue weighted by atomic mass is 10.3. The summed E-state index contributed by atoms with van der Waals surface area (Å²) in [5.41, 5.74) is 0.600. The number of H-pyrrole nitrogens is 1. The van der Waals surface area contributed by atoms with Gasteiger partial charge in [-0.1, -0.05) is 15.9 Å². The topological polar surface area (TPSA) is 83.6 Å². The second kappa shape index (κ2) is 5.23. The largest absolute Gasteiger partial charge is 0.317 e. The first-order valence-corrected chi connectivity index (χ1v) is 6.65. The third-order valence-electron chi connectivity index (χ3n) is 1.79.